The van der Waals surface area contributed by atoms with E-state index in [-0.39, 0.29) is 11.3 Å². The number of pyridine rings is 1. The van der Waals surface area contributed by atoms with Gasteiger partial charge in [-0.25, -0.2) is 8.42 Å². The second kappa shape index (κ2) is 4.69. The van der Waals surface area contributed by atoms with Gasteiger partial charge in [-0.3, -0.25) is 4.79 Å². The van der Waals surface area contributed by atoms with Crippen molar-refractivity contribution in [3.8, 4) is 0 Å². The van der Waals surface area contributed by atoms with Crippen molar-refractivity contribution in [2.24, 2.45) is 0 Å². The summed E-state index contributed by atoms with van der Waals surface area (Å²) < 4.78 is 23.3. The summed E-state index contributed by atoms with van der Waals surface area (Å²) in [6.07, 6.45) is 3.15. The quantitative estimate of drug-likeness (QED) is 0.818. The minimum atomic E-state index is -2.97. The van der Waals surface area contributed by atoms with Crippen LogP contribution >= 0.6 is 0 Å². The van der Waals surface area contributed by atoms with Crippen LogP contribution in [0.3, 0.4) is 0 Å². The lowest BCUT2D eigenvalue weighted by molar-refractivity contribution is 0.589. The number of hydrogen-bond acceptors (Lipinski definition) is 4. The van der Waals surface area contributed by atoms with Crippen molar-refractivity contribution in [3.05, 3.63) is 28.2 Å². The molecule has 0 aliphatic carbocycles. The van der Waals surface area contributed by atoms with Crippen LogP contribution in [0.4, 0.5) is 5.69 Å². The highest BCUT2D eigenvalue weighted by Crippen LogP contribution is 2.05. The molecule has 0 fully saturated rings. The van der Waals surface area contributed by atoms with Gasteiger partial charge in [0.25, 0.3) is 5.56 Å². The van der Waals surface area contributed by atoms with E-state index in [0.29, 0.717) is 18.7 Å². The molecule has 0 saturated carbocycles. The zero-order valence-electron chi connectivity index (χ0n) is 9.43. The Hall–Kier alpha value is -1.30. The summed E-state index contributed by atoms with van der Waals surface area (Å²) in [7, 11) is -2.97. The maximum Gasteiger partial charge on any atom is 0.250 e. The molecular formula is C10H16N2O3S. The predicted octanol–water partition coefficient (Wildman–Crippen LogP) is 0.174. The van der Waals surface area contributed by atoms with Gasteiger partial charge in [0.05, 0.1) is 11.4 Å². The van der Waals surface area contributed by atoms with Crippen LogP contribution in [0.5, 0.6) is 0 Å². The van der Waals surface area contributed by atoms with Crippen molar-refractivity contribution in [1.82, 2.24) is 4.57 Å². The molecule has 1 rings (SSSR count). The van der Waals surface area contributed by atoms with E-state index >= 15 is 0 Å². The summed E-state index contributed by atoms with van der Waals surface area (Å²) in [5, 5.41) is 0. The number of aryl methyl sites for hydroxylation is 2. The van der Waals surface area contributed by atoms with Crippen LogP contribution in [0, 0.1) is 6.92 Å². The zero-order chi connectivity index (χ0) is 12.3. The van der Waals surface area contributed by atoms with E-state index in [4.69, 9.17) is 5.73 Å². The van der Waals surface area contributed by atoms with E-state index in [2.05, 4.69) is 0 Å². The molecule has 2 N–H and O–H groups in total. The number of rotatable bonds is 4. The number of nitrogen functional groups attached to an aromatic ring is 1. The molecule has 0 saturated heterocycles. The Balaban J connectivity index is 2.76. The first kappa shape index (κ1) is 12.8. The van der Waals surface area contributed by atoms with Crippen molar-refractivity contribution in [1.29, 1.82) is 0 Å². The van der Waals surface area contributed by atoms with Gasteiger partial charge in [0.2, 0.25) is 0 Å². The SMILES string of the molecule is Cc1cc(=O)n(CCCS(C)(=O)=O)cc1N. The molecule has 1 heterocycles. The number of hydrogen-bond donors (Lipinski definition) is 1. The van der Waals surface area contributed by atoms with Gasteiger partial charge in [0, 0.05) is 25.1 Å². The molecule has 0 atom stereocenters. The first-order valence-corrected chi connectivity index (χ1v) is 7.00. The Morgan fingerprint density at radius 2 is 2.06 bits per heavy atom. The molecule has 0 spiro atoms. The molecule has 1 aromatic heterocycles. The number of anilines is 1. The molecule has 0 amide bonds. The first-order chi connectivity index (χ1) is 7.29. The molecule has 0 radical (unpaired) electrons. The molecule has 0 unspecified atom stereocenters. The van der Waals surface area contributed by atoms with Crippen molar-refractivity contribution in [2.75, 3.05) is 17.7 Å². The maximum absolute atomic E-state index is 11.5. The minimum Gasteiger partial charge on any atom is -0.397 e. The summed E-state index contributed by atoms with van der Waals surface area (Å²) in [6.45, 7) is 2.13. The highest BCUT2D eigenvalue weighted by atomic mass is 32.2. The fourth-order valence-electron chi connectivity index (χ4n) is 1.36. The number of aromatic nitrogens is 1. The second-order valence-corrected chi connectivity index (χ2v) is 6.19. The molecule has 0 bridgehead atoms. The first-order valence-electron chi connectivity index (χ1n) is 4.94. The summed E-state index contributed by atoms with van der Waals surface area (Å²) in [4.78, 5) is 11.5. The summed E-state index contributed by atoms with van der Waals surface area (Å²) in [5.41, 5.74) is 6.80. The lowest BCUT2D eigenvalue weighted by Gasteiger charge is -2.07. The van der Waals surface area contributed by atoms with Gasteiger partial charge < -0.3 is 10.3 Å². The molecule has 0 aliphatic heterocycles. The number of nitrogens with zero attached hydrogens (tertiary/aromatic N) is 1. The molecule has 5 nitrogen and oxygen atoms in total. The third kappa shape index (κ3) is 3.69. The molecule has 1 aromatic rings. The average Bonchev–Trinajstić information content (AvgIpc) is 2.11. The smallest absolute Gasteiger partial charge is 0.250 e. The van der Waals surface area contributed by atoms with E-state index in [0.717, 1.165) is 5.56 Å². The van der Waals surface area contributed by atoms with E-state index in [1.54, 1.807) is 13.1 Å². The number of nitrogens with two attached hydrogens (primary N) is 1. The van der Waals surface area contributed by atoms with Crippen molar-refractivity contribution in [2.45, 2.75) is 19.9 Å². The Morgan fingerprint density at radius 1 is 1.44 bits per heavy atom. The summed E-state index contributed by atoms with van der Waals surface area (Å²) >= 11 is 0. The topological polar surface area (TPSA) is 82.2 Å². The Morgan fingerprint density at radius 3 is 2.62 bits per heavy atom. The highest BCUT2D eigenvalue weighted by molar-refractivity contribution is 7.90. The largest absolute Gasteiger partial charge is 0.397 e. The van der Waals surface area contributed by atoms with Gasteiger partial charge in [0.15, 0.2) is 0 Å². The number of sulfone groups is 1. The monoisotopic (exact) mass is 244 g/mol. The predicted molar refractivity (Wildman–Crippen MR) is 64.2 cm³/mol. The van der Waals surface area contributed by atoms with Crippen molar-refractivity contribution in [3.63, 3.8) is 0 Å². The lowest BCUT2D eigenvalue weighted by atomic mass is 10.2. The lowest BCUT2D eigenvalue weighted by Crippen LogP contribution is -2.21. The Bertz CT molecular complexity index is 531. The van der Waals surface area contributed by atoms with Gasteiger partial charge in [-0.15, -0.1) is 0 Å². The molecular weight excluding hydrogens is 228 g/mol. The van der Waals surface area contributed by atoms with Crippen LogP contribution in [-0.4, -0.2) is 25.0 Å². The summed E-state index contributed by atoms with van der Waals surface area (Å²) in [6, 6.07) is 1.45. The normalized spacial score (nSPS) is 11.6. The van der Waals surface area contributed by atoms with E-state index in [1.807, 2.05) is 0 Å². The molecule has 6 heteroatoms. The van der Waals surface area contributed by atoms with Gasteiger partial charge in [0.1, 0.15) is 9.84 Å². The van der Waals surface area contributed by atoms with Crippen LogP contribution < -0.4 is 11.3 Å². The third-order valence-corrected chi connectivity index (χ3v) is 3.32. The molecule has 0 aliphatic rings. The third-order valence-electron chi connectivity index (χ3n) is 2.29. The highest BCUT2D eigenvalue weighted by Gasteiger charge is 2.04. The average molecular weight is 244 g/mol. The standard InChI is InChI=1S/C10H16N2O3S/c1-8-6-10(13)12(7-9(8)11)4-3-5-16(2,14)15/h6-7H,3-5,11H2,1-2H3. The molecule has 0 aromatic carbocycles. The Labute approximate surface area is 94.8 Å². The van der Waals surface area contributed by atoms with Crippen LogP contribution in [0.2, 0.25) is 0 Å². The molecule has 90 valence electrons. The molecule has 16 heavy (non-hydrogen) atoms. The van der Waals surface area contributed by atoms with E-state index in [9.17, 15) is 13.2 Å². The van der Waals surface area contributed by atoms with Crippen molar-refractivity contribution < 1.29 is 8.42 Å². The van der Waals surface area contributed by atoms with Crippen LogP contribution in [0.15, 0.2) is 17.1 Å². The van der Waals surface area contributed by atoms with Gasteiger partial charge >= 0.3 is 0 Å². The minimum absolute atomic E-state index is 0.0766. The van der Waals surface area contributed by atoms with Gasteiger partial charge in [-0.1, -0.05) is 0 Å². The Kier molecular flexibility index (Phi) is 3.74. The fourth-order valence-corrected chi connectivity index (χ4v) is 2.01. The fraction of sp³-hybridized carbons (Fsp3) is 0.500. The second-order valence-electron chi connectivity index (χ2n) is 3.93. The van der Waals surface area contributed by atoms with Crippen LogP contribution in [0.1, 0.15) is 12.0 Å². The van der Waals surface area contributed by atoms with E-state index < -0.39 is 9.84 Å². The summed E-state index contributed by atoms with van der Waals surface area (Å²) in [5.74, 6) is 0.0766. The maximum atomic E-state index is 11.5. The van der Waals surface area contributed by atoms with Gasteiger partial charge in [-0.05, 0) is 18.9 Å². The van der Waals surface area contributed by atoms with Crippen LogP contribution in [-0.2, 0) is 16.4 Å². The van der Waals surface area contributed by atoms with Crippen LogP contribution in [0.25, 0.3) is 0 Å². The van der Waals surface area contributed by atoms with Crippen molar-refractivity contribution >= 4 is 15.5 Å². The van der Waals surface area contributed by atoms with Gasteiger partial charge in [-0.2, -0.15) is 0 Å². The van der Waals surface area contributed by atoms with E-state index in [1.165, 1.54) is 16.9 Å². The zero-order valence-corrected chi connectivity index (χ0v) is 10.3.